The summed E-state index contributed by atoms with van der Waals surface area (Å²) in [5.41, 5.74) is 0. The molecule has 2 heterocycles. The normalized spacial score (nSPS) is 28.4. The highest BCUT2D eigenvalue weighted by Crippen LogP contribution is 2.20. The van der Waals surface area contributed by atoms with Crippen LogP contribution >= 0.6 is 0 Å². The summed E-state index contributed by atoms with van der Waals surface area (Å²) in [6.45, 7) is 10.3. The van der Waals surface area contributed by atoms with Crippen LogP contribution in [0.15, 0.2) is 0 Å². The molecule has 1 N–H and O–H groups in total. The SMILES string of the molecule is CCOCC1CCCN(CC2CCNCC2)C1. The molecule has 1 unspecified atom stereocenters. The topological polar surface area (TPSA) is 24.5 Å². The van der Waals surface area contributed by atoms with Crippen molar-refractivity contribution in [2.45, 2.75) is 32.6 Å². The van der Waals surface area contributed by atoms with Crippen LogP contribution in [-0.4, -0.2) is 50.8 Å². The van der Waals surface area contributed by atoms with E-state index in [2.05, 4.69) is 17.1 Å². The van der Waals surface area contributed by atoms with Gasteiger partial charge in [-0.25, -0.2) is 0 Å². The quantitative estimate of drug-likeness (QED) is 0.792. The monoisotopic (exact) mass is 240 g/mol. The molecule has 2 aliphatic heterocycles. The highest BCUT2D eigenvalue weighted by Gasteiger charge is 2.23. The summed E-state index contributed by atoms with van der Waals surface area (Å²) < 4.78 is 5.57. The van der Waals surface area contributed by atoms with E-state index >= 15 is 0 Å². The minimum atomic E-state index is 0.783. The summed E-state index contributed by atoms with van der Waals surface area (Å²) >= 11 is 0. The van der Waals surface area contributed by atoms with Gasteiger partial charge in [0.1, 0.15) is 0 Å². The van der Waals surface area contributed by atoms with Crippen molar-refractivity contribution >= 4 is 0 Å². The van der Waals surface area contributed by atoms with Gasteiger partial charge in [0.25, 0.3) is 0 Å². The number of nitrogens with zero attached hydrogens (tertiary/aromatic N) is 1. The van der Waals surface area contributed by atoms with Crippen LogP contribution in [0.2, 0.25) is 0 Å². The van der Waals surface area contributed by atoms with Crippen molar-refractivity contribution in [3.05, 3.63) is 0 Å². The molecule has 0 aromatic carbocycles. The summed E-state index contributed by atoms with van der Waals surface area (Å²) in [7, 11) is 0. The third kappa shape index (κ3) is 4.57. The van der Waals surface area contributed by atoms with Gasteiger partial charge in [-0.05, 0) is 64.1 Å². The standard InChI is InChI=1S/C14H28N2O/c1-2-17-12-14-4-3-9-16(11-14)10-13-5-7-15-8-6-13/h13-15H,2-12H2,1H3. The molecule has 0 aliphatic carbocycles. The van der Waals surface area contributed by atoms with Crippen molar-refractivity contribution < 1.29 is 4.74 Å². The Hall–Kier alpha value is -0.120. The minimum Gasteiger partial charge on any atom is -0.381 e. The zero-order valence-electron chi connectivity index (χ0n) is 11.3. The van der Waals surface area contributed by atoms with Gasteiger partial charge in [-0.3, -0.25) is 0 Å². The van der Waals surface area contributed by atoms with E-state index in [1.165, 1.54) is 58.4 Å². The molecule has 0 radical (unpaired) electrons. The van der Waals surface area contributed by atoms with Crippen molar-refractivity contribution in [2.75, 3.05) is 45.9 Å². The molecule has 0 aromatic rings. The molecule has 3 heteroatoms. The zero-order chi connectivity index (χ0) is 11.9. The van der Waals surface area contributed by atoms with Gasteiger partial charge in [-0.1, -0.05) is 0 Å². The predicted molar refractivity (Wildman–Crippen MR) is 71.3 cm³/mol. The van der Waals surface area contributed by atoms with Crippen LogP contribution in [-0.2, 0) is 4.74 Å². The Morgan fingerprint density at radius 3 is 2.76 bits per heavy atom. The number of likely N-dealkylation sites (tertiary alicyclic amines) is 1. The number of ether oxygens (including phenoxy) is 1. The van der Waals surface area contributed by atoms with E-state index in [1.807, 2.05) is 0 Å². The summed E-state index contributed by atoms with van der Waals surface area (Å²) in [6, 6.07) is 0. The molecule has 3 nitrogen and oxygen atoms in total. The number of hydrogen-bond donors (Lipinski definition) is 1. The van der Waals surface area contributed by atoms with Gasteiger partial charge < -0.3 is 15.0 Å². The van der Waals surface area contributed by atoms with E-state index in [1.54, 1.807) is 0 Å². The highest BCUT2D eigenvalue weighted by molar-refractivity contribution is 4.77. The maximum atomic E-state index is 5.57. The molecule has 2 aliphatic rings. The maximum absolute atomic E-state index is 5.57. The second-order valence-electron chi connectivity index (χ2n) is 5.62. The average Bonchev–Trinajstić information content (AvgIpc) is 2.38. The first-order chi connectivity index (χ1) is 8.38. The molecular weight excluding hydrogens is 212 g/mol. The first-order valence-electron chi connectivity index (χ1n) is 7.39. The Labute approximate surface area is 106 Å². The lowest BCUT2D eigenvalue weighted by atomic mass is 9.94. The number of hydrogen-bond acceptors (Lipinski definition) is 3. The fourth-order valence-electron chi connectivity index (χ4n) is 3.17. The predicted octanol–water partition coefficient (Wildman–Crippen LogP) is 1.73. The van der Waals surface area contributed by atoms with E-state index in [-0.39, 0.29) is 0 Å². The van der Waals surface area contributed by atoms with E-state index in [4.69, 9.17) is 4.74 Å². The van der Waals surface area contributed by atoms with E-state index in [0.717, 1.165) is 25.0 Å². The Morgan fingerprint density at radius 1 is 1.18 bits per heavy atom. The zero-order valence-corrected chi connectivity index (χ0v) is 11.3. The maximum Gasteiger partial charge on any atom is 0.0506 e. The minimum absolute atomic E-state index is 0.783. The molecule has 2 saturated heterocycles. The van der Waals surface area contributed by atoms with E-state index in [9.17, 15) is 0 Å². The Kier molecular flexibility index (Phi) is 5.75. The molecule has 0 amide bonds. The van der Waals surface area contributed by atoms with Gasteiger partial charge in [0.15, 0.2) is 0 Å². The van der Waals surface area contributed by atoms with Crippen molar-refractivity contribution in [2.24, 2.45) is 11.8 Å². The van der Waals surface area contributed by atoms with Gasteiger partial charge in [0.2, 0.25) is 0 Å². The van der Waals surface area contributed by atoms with Crippen LogP contribution in [0.1, 0.15) is 32.6 Å². The molecular formula is C14H28N2O. The van der Waals surface area contributed by atoms with Crippen LogP contribution in [0.4, 0.5) is 0 Å². The molecule has 2 fully saturated rings. The number of piperidine rings is 2. The van der Waals surface area contributed by atoms with Crippen LogP contribution in [0.25, 0.3) is 0 Å². The fraction of sp³-hybridized carbons (Fsp3) is 1.00. The highest BCUT2D eigenvalue weighted by atomic mass is 16.5. The third-order valence-electron chi connectivity index (χ3n) is 4.14. The lowest BCUT2D eigenvalue weighted by Crippen LogP contribution is -2.42. The smallest absolute Gasteiger partial charge is 0.0506 e. The summed E-state index contributed by atoms with van der Waals surface area (Å²) in [4.78, 5) is 2.68. The van der Waals surface area contributed by atoms with Crippen molar-refractivity contribution in [1.82, 2.24) is 10.2 Å². The Balaban J connectivity index is 1.68. The Morgan fingerprint density at radius 2 is 2.00 bits per heavy atom. The van der Waals surface area contributed by atoms with Crippen molar-refractivity contribution in [3.8, 4) is 0 Å². The Bertz CT molecular complexity index is 204. The van der Waals surface area contributed by atoms with Crippen LogP contribution in [0.3, 0.4) is 0 Å². The van der Waals surface area contributed by atoms with E-state index in [0.29, 0.717) is 0 Å². The van der Waals surface area contributed by atoms with Crippen molar-refractivity contribution in [1.29, 1.82) is 0 Å². The number of rotatable bonds is 5. The first kappa shape index (κ1) is 13.3. The first-order valence-corrected chi connectivity index (χ1v) is 7.39. The second-order valence-corrected chi connectivity index (χ2v) is 5.62. The number of nitrogens with one attached hydrogen (secondary N) is 1. The molecule has 0 aromatic heterocycles. The van der Waals surface area contributed by atoms with Crippen LogP contribution in [0, 0.1) is 11.8 Å². The van der Waals surface area contributed by atoms with E-state index < -0.39 is 0 Å². The van der Waals surface area contributed by atoms with Gasteiger partial charge in [-0.2, -0.15) is 0 Å². The summed E-state index contributed by atoms with van der Waals surface area (Å²) in [5, 5.41) is 3.45. The third-order valence-corrected chi connectivity index (χ3v) is 4.14. The lowest BCUT2D eigenvalue weighted by molar-refractivity contribution is 0.0596. The molecule has 1 atom stereocenters. The molecule has 0 saturated carbocycles. The molecule has 17 heavy (non-hydrogen) atoms. The molecule has 100 valence electrons. The molecule has 0 spiro atoms. The van der Waals surface area contributed by atoms with Gasteiger partial charge in [0, 0.05) is 19.7 Å². The average molecular weight is 240 g/mol. The van der Waals surface area contributed by atoms with Crippen molar-refractivity contribution in [3.63, 3.8) is 0 Å². The largest absolute Gasteiger partial charge is 0.381 e. The lowest BCUT2D eigenvalue weighted by Gasteiger charge is -2.36. The van der Waals surface area contributed by atoms with Crippen LogP contribution in [0.5, 0.6) is 0 Å². The fourth-order valence-corrected chi connectivity index (χ4v) is 3.17. The summed E-state index contributed by atoms with van der Waals surface area (Å²) in [6.07, 6.45) is 5.46. The molecule has 0 bridgehead atoms. The summed E-state index contributed by atoms with van der Waals surface area (Å²) in [5.74, 6) is 1.72. The van der Waals surface area contributed by atoms with Gasteiger partial charge in [-0.15, -0.1) is 0 Å². The molecule has 2 rings (SSSR count). The second kappa shape index (κ2) is 7.34. The van der Waals surface area contributed by atoms with Crippen LogP contribution < -0.4 is 5.32 Å². The van der Waals surface area contributed by atoms with Gasteiger partial charge >= 0.3 is 0 Å². The van der Waals surface area contributed by atoms with Gasteiger partial charge in [0.05, 0.1) is 6.61 Å².